The van der Waals surface area contributed by atoms with Gasteiger partial charge in [0.1, 0.15) is 6.61 Å². The molecule has 0 aliphatic heterocycles. The van der Waals surface area contributed by atoms with E-state index in [0.29, 0.717) is 25.5 Å². The number of nitrogens with two attached hydrogens (primary N) is 1. The van der Waals surface area contributed by atoms with Gasteiger partial charge in [-0.2, -0.15) is 0 Å². The third-order valence-electron chi connectivity index (χ3n) is 1.89. The zero-order valence-electron chi connectivity index (χ0n) is 8.01. The fourth-order valence-corrected chi connectivity index (χ4v) is 0.991. The number of rotatable bonds is 7. The molecule has 0 saturated carbocycles. The zero-order valence-corrected chi connectivity index (χ0v) is 8.01. The maximum atomic E-state index is 11.1. The van der Waals surface area contributed by atoms with Gasteiger partial charge in [-0.1, -0.05) is 13.3 Å². The van der Waals surface area contributed by atoms with Crippen LogP contribution in [0.15, 0.2) is 0 Å². The number of ether oxygens (including phenoxy) is 1. The Morgan fingerprint density at radius 2 is 2.17 bits per heavy atom. The number of Topliss-reactive ketones (excluding diaryl/α,β-unsaturated/α-hetero) is 1. The highest BCUT2D eigenvalue weighted by molar-refractivity contribution is 5.79. The van der Waals surface area contributed by atoms with Gasteiger partial charge in [0.2, 0.25) is 0 Å². The molecule has 0 saturated heterocycles. The fourth-order valence-electron chi connectivity index (χ4n) is 0.991. The first kappa shape index (κ1) is 11.6. The standard InChI is InChI=1S/C9H19NO2/c1-3-8(6-10)5-9(11)7-12-4-2/h8H,3-7,10H2,1-2H3. The molecule has 0 bridgehead atoms. The van der Waals surface area contributed by atoms with E-state index in [1.807, 2.05) is 13.8 Å². The number of carbonyl (C=O) groups is 1. The highest BCUT2D eigenvalue weighted by Gasteiger charge is 2.09. The lowest BCUT2D eigenvalue weighted by Crippen LogP contribution is -2.20. The lowest BCUT2D eigenvalue weighted by atomic mass is 10.0. The van der Waals surface area contributed by atoms with Gasteiger partial charge in [-0.05, 0) is 19.4 Å². The summed E-state index contributed by atoms with van der Waals surface area (Å²) in [5.74, 6) is 0.493. The van der Waals surface area contributed by atoms with Crippen LogP contribution in [-0.2, 0) is 9.53 Å². The quantitative estimate of drug-likeness (QED) is 0.624. The van der Waals surface area contributed by atoms with Crippen molar-refractivity contribution in [3.63, 3.8) is 0 Å². The smallest absolute Gasteiger partial charge is 0.158 e. The fraction of sp³-hybridized carbons (Fsp3) is 0.889. The number of carbonyl (C=O) groups excluding carboxylic acids is 1. The van der Waals surface area contributed by atoms with E-state index >= 15 is 0 Å². The van der Waals surface area contributed by atoms with Gasteiger partial charge in [0.15, 0.2) is 5.78 Å². The van der Waals surface area contributed by atoms with Crippen LogP contribution in [-0.4, -0.2) is 25.5 Å². The summed E-state index contributed by atoms with van der Waals surface area (Å²) < 4.78 is 4.99. The Morgan fingerprint density at radius 1 is 1.50 bits per heavy atom. The monoisotopic (exact) mass is 173 g/mol. The van der Waals surface area contributed by atoms with Gasteiger partial charge in [0, 0.05) is 13.0 Å². The normalized spacial score (nSPS) is 12.9. The molecule has 0 fully saturated rings. The van der Waals surface area contributed by atoms with Gasteiger partial charge in [0.25, 0.3) is 0 Å². The first-order valence-electron chi connectivity index (χ1n) is 4.54. The predicted molar refractivity (Wildman–Crippen MR) is 49.0 cm³/mol. The number of hydrogen-bond acceptors (Lipinski definition) is 3. The van der Waals surface area contributed by atoms with E-state index in [1.54, 1.807) is 0 Å². The van der Waals surface area contributed by atoms with Crippen LogP contribution in [0, 0.1) is 5.92 Å². The lowest BCUT2D eigenvalue weighted by molar-refractivity contribution is -0.124. The molecule has 0 aromatic carbocycles. The lowest BCUT2D eigenvalue weighted by Gasteiger charge is -2.10. The van der Waals surface area contributed by atoms with Gasteiger partial charge in [-0.3, -0.25) is 4.79 Å². The molecule has 0 radical (unpaired) electrons. The van der Waals surface area contributed by atoms with Crippen molar-refractivity contribution in [2.24, 2.45) is 11.7 Å². The third-order valence-corrected chi connectivity index (χ3v) is 1.89. The van der Waals surface area contributed by atoms with E-state index in [-0.39, 0.29) is 12.4 Å². The molecule has 3 heteroatoms. The molecule has 1 unspecified atom stereocenters. The molecule has 0 aliphatic rings. The molecule has 0 aromatic heterocycles. The van der Waals surface area contributed by atoms with Crippen molar-refractivity contribution in [1.82, 2.24) is 0 Å². The second-order valence-electron chi connectivity index (χ2n) is 2.89. The first-order valence-corrected chi connectivity index (χ1v) is 4.54. The van der Waals surface area contributed by atoms with E-state index < -0.39 is 0 Å². The molecular formula is C9H19NO2. The molecule has 12 heavy (non-hydrogen) atoms. The molecule has 3 nitrogen and oxygen atoms in total. The summed E-state index contributed by atoms with van der Waals surface area (Å²) in [5.41, 5.74) is 5.47. The van der Waals surface area contributed by atoms with E-state index in [9.17, 15) is 4.79 Å². The minimum atomic E-state index is 0.161. The molecule has 0 rings (SSSR count). The van der Waals surface area contributed by atoms with Crippen LogP contribution < -0.4 is 5.73 Å². The zero-order chi connectivity index (χ0) is 9.40. The van der Waals surface area contributed by atoms with Gasteiger partial charge in [-0.25, -0.2) is 0 Å². The van der Waals surface area contributed by atoms with Crippen LogP contribution in [0.3, 0.4) is 0 Å². The Hall–Kier alpha value is -0.410. The average Bonchev–Trinajstić information content (AvgIpc) is 2.10. The summed E-state index contributed by atoms with van der Waals surface area (Å²) in [7, 11) is 0. The minimum absolute atomic E-state index is 0.161. The highest BCUT2D eigenvalue weighted by atomic mass is 16.5. The molecule has 1 atom stereocenters. The van der Waals surface area contributed by atoms with E-state index in [2.05, 4.69) is 0 Å². The van der Waals surface area contributed by atoms with Crippen LogP contribution in [0.1, 0.15) is 26.7 Å². The molecule has 0 aliphatic carbocycles. The van der Waals surface area contributed by atoms with Crippen molar-refractivity contribution in [3.8, 4) is 0 Å². The molecule has 0 heterocycles. The third kappa shape index (κ3) is 5.27. The summed E-state index contributed by atoms with van der Waals surface area (Å²) in [4.78, 5) is 11.1. The van der Waals surface area contributed by atoms with Gasteiger partial charge < -0.3 is 10.5 Å². The van der Waals surface area contributed by atoms with E-state index in [0.717, 1.165) is 6.42 Å². The molecule has 0 aromatic rings. The first-order chi connectivity index (χ1) is 5.74. The summed E-state index contributed by atoms with van der Waals surface area (Å²) in [6.07, 6.45) is 1.53. The Kier molecular flexibility index (Phi) is 7.00. The van der Waals surface area contributed by atoms with Crippen LogP contribution >= 0.6 is 0 Å². The molecule has 72 valence electrons. The molecule has 0 spiro atoms. The Morgan fingerprint density at radius 3 is 2.58 bits per heavy atom. The van der Waals surface area contributed by atoms with Crippen LogP contribution in [0.5, 0.6) is 0 Å². The summed E-state index contributed by atoms with van der Waals surface area (Å²) in [5, 5.41) is 0. The van der Waals surface area contributed by atoms with Gasteiger partial charge in [0.05, 0.1) is 0 Å². The Bertz CT molecular complexity index is 122. The average molecular weight is 173 g/mol. The summed E-state index contributed by atoms with van der Waals surface area (Å²) >= 11 is 0. The minimum Gasteiger partial charge on any atom is -0.374 e. The van der Waals surface area contributed by atoms with Crippen LogP contribution in [0.2, 0.25) is 0 Å². The number of hydrogen-bond donors (Lipinski definition) is 1. The highest BCUT2D eigenvalue weighted by Crippen LogP contribution is 2.06. The van der Waals surface area contributed by atoms with Crippen molar-refractivity contribution in [1.29, 1.82) is 0 Å². The Labute approximate surface area is 74.3 Å². The van der Waals surface area contributed by atoms with Crippen molar-refractivity contribution in [2.75, 3.05) is 19.8 Å². The van der Waals surface area contributed by atoms with Crippen LogP contribution in [0.25, 0.3) is 0 Å². The maximum Gasteiger partial charge on any atom is 0.158 e. The molecule has 2 N–H and O–H groups in total. The SMILES string of the molecule is CCOCC(=O)CC(CC)CN. The largest absolute Gasteiger partial charge is 0.374 e. The van der Waals surface area contributed by atoms with E-state index in [4.69, 9.17) is 10.5 Å². The summed E-state index contributed by atoms with van der Waals surface area (Å²) in [6.45, 7) is 5.37. The second-order valence-corrected chi connectivity index (χ2v) is 2.89. The molecule has 0 amide bonds. The van der Waals surface area contributed by atoms with E-state index in [1.165, 1.54) is 0 Å². The van der Waals surface area contributed by atoms with Crippen molar-refractivity contribution in [3.05, 3.63) is 0 Å². The second kappa shape index (κ2) is 7.25. The van der Waals surface area contributed by atoms with Gasteiger partial charge >= 0.3 is 0 Å². The topological polar surface area (TPSA) is 52.3 Å². The van der Waals surface area contributed by atoms with Gasteiger partial charge in [-0.15, -0.1) is 0 Å². The Balaban J connectivity index is 3.52. The van der Waals surface area contributed by atoms with Crippen molar-refractivity contribution >= 4 is 5.78 Å². The maximum absolute atomic E-state index is 11.1. The number of ketones is 1. The van der Waals surface area contributed by atoms with Crippen molar-refractivity contribution < 1.29 is 9.53 Å². The summed E-state index contributed by atoms with van der Waals surface area (Å²) in [6, 6.07) is 0. The predicted octanol–water partition coefficient (Wildman–Crippen LogP) is 0.967. The van der Waals surface area contributed by atoms with Crippen LogP contribution in [0.4, 0.5) is 0 Å². The van der Waals surface area contributed by atoms with Crippen molar-refractivity contribution in [2.45, 2.75) is 26.7 Å². The molecular weight excluding hydrogens is 154 g/mol.